The number of rotatable bonds is 8. The standard InChI is InChI=1S/C28H40N8O3/c1-5-34-15-13-20(14-16-34)30-26(37)19-11-12-22(24(17-19)39-4)31-27-29-18-23-25(32-27)36(21-9-7-8-10-21)35(6-2)28(38)33(23)3/h11-12,17-18,20-21H,5-10,13-16H2,1-4H3,(H,30,37)(H,29,31,32). The smallest absolute Gasteiger partial charge is 0.343 e. The van der Waals surface area contributed by atoms with Gasteiger partial charge in [-0.25, -0.2) is 14.8 Å². The van der Waals surface area contributed by atoms with Crippen LogP contribution in [-0.2, 0) is 0 Å². The Morgan fingerprint density at radius 2 is 1.85 bits per heavy atom. The van der Waals surface area contributed by atoms with Crippen molar-refractivity contribution in [2.24, 2.45) is 0 Å². The lowest BCUT2D eigenvalue weighted by atomic mass is 10.0. The van der Waals surface area contributed by atoms with Crippen LogP contribution in [0.15, 0.2) is 24.4 Å². The van der Waals surface area contributed by atoms with E-state index in [4.69, 9.17) is 9.72 Å². The molecule has 1 aromatic carbocycles. The van der Waals surface area contributed by atoms with Gasteiger partial charge in [0.15, 0.2) is 5.82 Å². The van der Waals surface area contributed by atoms with Crippen LogP contribution < -0.4 is 25.3 Å². The quantitative estimate of drug-likeness (QED) is 0.522. The number of piperidine rings is 1. The highest BCUT2D eigenvalue weighted by atomic mass is 16.5. The van der Waals surface area contributed by atoms with Crippen LogP contribution in [0.25, 0.3) is 0 Å². The SMILES string of the molecule is CCN1CCC(NC(=O)c2ccc(Nc3ncc4c(n3)N(C3CCCC3)N(CC)C(=O)N4C)c(OC)c2)CC1. The second-order valence-electron chi connectivity index (χ2n) is 10.5. The number of nitrogens with zero attached hydrogens (tertiary/aromatic N) is 6. The van der Waals surface area contributed by atoms with Crippen molar-refractivity contribution < 1.29 is 14.3 Å². The Hall–Kier alpha value is -3.60. The van der Waals surface area contributed by atoms with Crippen LogP contribution in [0.4, 0.5) is 27.9 Å². The topological polar surface area (TPSA) is 106 Å². The van der Waals surface area contributed by atoms with Crippen LogP contribution in [0.5, 0.6) is 5.75 Å². The first-order valence-corrected chi connectivity index (χ1v) is 14.1. The molecule has 3 amide bonds. The molecule has 210 valence electrons. The van der Waals surface area contributed by atoms with Crippen LogP contribution in [-0.4, -0.2) is 84.2 Å². The molecule has 1 saturated carbocycles. The fourth-order valence-electron chi connectivity index (χ4n) is 5.84. The van der Waals surface area contributed by atoms with E-state index in [1.807, 2.05) is 13.0 Å². The average Bonchev–Trinajstić information content (AvgIpc) is 3.50. The predicted octanol–water partition coefficient (Wildman–Crippen LogP) is 4.00. The Morgan fingerprint density at radius 1 is 1.10 bits per heavy atom. The van der Waals surface area contributed by atoms with Gasteiger partial charge >= 0.3 is 6.03 Å². The molecule has 0 bridgehead atoms. The van der Waals surface area contributed by atoms with E-state index < -0.39 is 0 Å². The summed E-state index contributed by atoms with van der Waals surface area (Å²) in [4.78, 5) is 39.4. The second kappa shape index (κ2) is 11.6. The van der Waals surface area contributed by atoms with Crippen molar-refractivity contribution in [3.8, 4) is 5.75 Å². The first-order valence-electron chi connectivity index (χ1n) is 14.1. The zero-order valence-corrected chi connectivity index (χ0v) is 23.4. The molecule has 39 heavy (non-hydrogen) atoms. The number of methoxy groups -OCH3 is 1. The number of aromatic nitrogens is 2. The minimum absolute atomic E-state index is 0.0762. The molecule has 1 aromatic heterocycles. The molecule has 1 saturated heterocycles. The van der Waals surface area contributed by atoms with E-state index in [0.717, 1.165) is 58.2 Å². The molecule has 0 atom stereocenters. The number of fused-ring (bicyclic) bond motifs is 1. The van der Waals surface area contributed by atoms with Gasteiger partial charge in [-0.15, -0.1) is 0 Å². The maximum atomic E-state index is 13.1. The monoisotopic (exact) mass is 536 g/mol. The van der Waals surface area contributed by atoms with Gasteiger partial charge in [0, 0.05) is 38.3 Å². The summed E-state index contributed by atoms with van der Waals surface area (Å²) in [5.41, 5.74) is 1.89. The Kier molecular flexibility index (Phi) is 8.06. The molecule has 11 heteroatoms. The van der Waals surface area contributed by atoms with E-state index in [-0.39, 0.29) is 24.0 Å². The summed E-state index contributed by atoms with van der Waals surface area (Å²) in [5, 5.41) is 10.3. The number of benzene rings is 1. The van der Waals surface area contributed by atoms with Crippen molar-refractivity contribution in [2.75, 3.05) is 55.6 Å². The average molecular weight is 537 g/mol. The van der Waals surface area contributed by atoms with Gasteiger partial charge in [0.05, 0.1) is 25.0 Å². The van der Waals surface area contributed by atoms with E-state index in [0.29, 0.717) is 41.0 Å². The molecule has 2 aromatic rings. The van der Waals surface area contributed by atoms with Crippen molar-refractivity contribution in [3.05, 3.63) is 30.0 Å². The summed E-state index contributed by atoms with van der Waals surface area (Å²) in [6, 6.07) is 5.68. The maximum Gasteiger partial charge on any atom is 0.343 e. The molecule has 0 unspecified atom stereocenters. The molecule has 2 N–H and O–H groups in total. The Bertz CT molecular complexity index is 1190. The molecule has 2 fully saturated rings. The first kappa shape index (κ1) is 27.0. The number of carbonyl (C=O) groups excluding carboxylic acids is 2. The lowest BCUT2D eigenvalue weighted by Gasteiger charge is -2.45. The predicted molar refractivity (Wildman–Crippen MR) is 152 cm³/mol. The summed E-state index contributed by atoms with van der Waals surface area (Å²) in [6.07, 6.45) is 7.94. The number of likely N-dealkylation sites (tertiary alicyclic amines) is 1. The van der Waals surface area contributed by atoms with Gasteiger partial charge in [0.25, 0.3) is 5.91 Å². The van der Waals surface area contributed by atoms with E-state index in [1.165, 1.54) is 0 Å². The van der Waals surface area contributed by atoms with Gasteiger partial charge < -0.3 is 20.3 Å². The van der Waals surface area contributed by atoms with Crippen LogP contribution >= 0.6 is 0 Å². The molecule has 2 aliphatic heterocycles. The summed E-state index contributed by atoms with van der Waals surface area (Å²) < 4.78 is 5.63. The van der Waals surface area contributed by atoms with Crippen LogP contribution in [0.1, 0.15) is 62.7 Å². The van der Waals surface area contributed by atoms with E-state index in [9.17, 15) is 9.59 Å². The summed E-state index contributed by atoms with van der Waals surface area (Å²) in [5.74, 6) is 1.54. The number of urea groups is 1. The number of nitrogens with one attached hydrogen (secondary N) is 2. The van der Waals surface area contributed by atoms with Crippen molar-refractivity contribution in [1.29, 1.82) is 0 Å². The number of amides is 3. The number of hydrazine groups is 1. The third-order valence-corrected chi connectivity index (χ3v) is 8.15. The number of anilines is 4. The highest BCUT2D eigenvalue weighted by Gasteiger charge is 2.39. The van der Waals surface area contributed by atoms with Crippen LogP contribution in [0.3, 0.4) is 0 Å². The van der Waals surface area contributed by atoms with E-state index in [1.54, 1.807) is 42.4 Å². The number of hydrogen-bond acceptors (Lipinski definition) is 8. The molecule has 3 heterocycles. The molecule has 1 aliphatic carbocycles. The van der Waals surface area contributed by atoms with E-state index >= 15 is 0 Å². The van der Waals surface area contributed by atoms with Gasteiger partial charge in [0.1, 0.15) is 11.4 Å². The molecule has 3 aliphatic rings. The highest BCUT2D eigenvalue weighted by molar-refractivity contribution is 5.99. The van der Waals surface area contributed by atoms with Gasteiger partial charge in [-0.05, 0) is 57.4 Å². The van der Waals surface area contributed by atoms with Crippen molar-refractivity contribution >= 4 is 35.1 Å². The third kappa shape index (κ3) is 5.45. The summed E-state index contributed by atoms with van der Waals surface area (Å²) in [7, 11) is 3.34. The largest absolute Gasteiger partial charge is 0.495 e. The fraction of sp³-hybridized carbons (Fsp3) is 0.571. The fourth-order valence-corrected chi connectivity index (χ4v) is 5.84. The molecular weight excluding hydrogens is 496 g/mol. The lowest BCUT2D eigenvalue weighted by molar-refractivity contribution is 0.0912. The first-order chi connectivity index (χ1) is 18.9. The van der Waals surface area contributed by atoms with Crippen LogP contribution in [0, 0.1) is 0 Å². The lowest BCUT2D eigenvalue weighted by Crippen LogP contribution is -2.59. The zero-order valence-electron chi connectivity index (χ0n) is 23.4. The highest BCUT2D eigenvalue weighted by Crippen LogP contribution is 2.39. The normalized spacial score (nSPS) is 18.9. The molecule has 0 radical (unpaired) electrons. The third-order valence-electron chi connectivity index (χ3n) is 8.15. The molecule has 5 rings (SSSR count). The molecule has 0 spiro atoms. The number of ether oxygens (including phenoxy) is 1. The van der Waals surface area contributed by atoms with Crippen molar-refractivity contribution in [2.45, 2.75) is 64.5 Å². The Labute approximate surface area is 230 Å². The van der Waals surface area contributed by atoms with Crippen molar-refractivity contribution in [3.63, 3.8) is 0 Å². The van der Waals surface area contributed by atoms with Gasteiger partial charge in [-0.3, -0.25) is 14.7 Å². The van der Waals surface area contributed by atoms with Gasteiger partial charge in [0.2, 0.25) is 5.95 Å². The van der Waals surface area contributed by atoms with E-state index in [2.05, 4.69) is 32.5 Å². The minimum Gasteiger partial charge on any atom is -0.495 e. The Balaban J connectivity index is 1.35. The number of carbonyl (C=O) groups is 2. The summed E-state index contributed by atoms with van der Waals surface area (Å²) >= 11 is 0. The second-order valence-corrected chi connectivity index (χ2v) is 10.5. The maximum absolute atomic E-state index is 13.1. The number of hydrogen-bond donors (Lipinski definition) is 2. The van der Waals surface area contributed by atoms with Crippen molar-refractivity contribution in [1.82, 2.24) is 25.2 Å². The van der Waals surface area contributed by atoms with Gasteiger partial charge in [-0.1, -0.05) is 19.8 Å². The summed E-state index contributed by atoms with van der Waals surface area (Å²) in [6.45, 7) is 7.77. The molecule has 11 nitrogen and oxygen atoms in total. The zero-order chi connectivity index (χ0) is 27.5. The van der Waals surface area contributed by atoms with Crippen LogP contribution in [0.2, 0.25) is 0 Å². The minimum atomic E-state index is -0.0978. The van der Waals surface area contributed by atoms with Gasteiger partial charge in [-0.2, -0.15) is 4.98 Å². The molecular formula is C28H40N8O3. The Morgan fingerprint density at radius 3 is 2.51 bits per heavy atom.